The number of benzene rings is 2. The molecule has 24 heavy (non-hydrogen) atoms. The molecule has 0 aliphatic rings. The second kappa shape index (κ2) is 7.92. The Balaban J connectivity index is 2.42. The summed E-state index contributed by atoms with van der Waals surface area (Å²) in [4.78, 5) is 23.1. The lowest BCUT2D eigenvalue weighted by Gasteiger charge is -2.18. The van der Waals surface area contributed by atoms with Crippen LogP contribution in [0.5, 0.6) is 0 Å². The van der Waals surface area contributed by atoms with Crippen LogP contribution in [0.3, 0.4) is 0 Å². The minimum absolute atomic E-state index is 0.0320. The second-order valence-electron chi connectivity index (χ2n) is 5.21. The highest BCUT2D eigenvalue weighted by Crippen LogP contribution is 2.34. The minimum atomic E-state index is -1.06. The molecule has 0 saturated carbocycles. The van der Waals surface area contributed by atoms with Crippen molar-refractivity contribution in [2.45, 2.75) is 12.8 Å². The Kier molecular flexibility index (Phi) is 5.92. The van der Waals surface area contributed by atoms with Crippen LogP contribution in [-0.4, -0.2) is 28.6 Å². The third-order valence-corrected chi connectivity index (χ3v) is 4.04. The number of carboxylic acids is 1. The van der Waals surface area contributed by atoms with E-state index in [1.54, 1.807) is 36.4 Å². The van der Waals surface area contributed by atoms with Crippen molar-refractivity contribution in [3.05, 3.63) is 58.6 Å². The molecule has 4 N–H and O–H groups in total. The number of carbonyl (C=O) groups is 2. The van der Waals surface area contributed by atoms with Crippen molar-refractivity contribution in [3.8, 4) is 0 Å². The number of ketones is 1. The molecular weight excluding hydrogens is 332 g/mol. The number of aromatic carboxylic acids is 1. The lowest BCUT2D eigenvalue weighted by atomic mass is 9.95. The van der Waals surface area contributed by atoms with Crippen LogP contribution in [0.4, 0.5) is 11.4 Å². The molecule has 0 aromatic heterocycles. The van der Waals surface area contributed by atoms with Gasteiger partial charge >= 0.3 is 5.97 Å². The van der Waals surface area contributed by atoms with Crippen molar-refractivity contribution >= 4 is 34.7 Å². The predicted molar refractivity (Wildman–Crippen MR) is 91.3 cm³/mol. The Hall–Kier alpha value is -2.41. The topological polar surface area (TPSA) is 98.7 Å². The number of hydrogen-bond acceptors (Lipinski definition) is 5. The molecule has 0 heterocycles. The number of halogens is 1. The fraction of sp³-hybridized carbons (Fsp3) is 0.176. The number of anilines is 2. The van der Waals surface area contributed by atoms with Crippen molar-refractivity contribution in [1.82, 2.24) is 5.48 Å². The van der Waals surface area contributed by atoms with Crippen molar-refractivity contribution in [3.63, 3.8) is 0 Å². The number of carbonyl (C=O) groups excluding carboxylic acids is 1. The van der Waals surface area contributed by atoms with Crippen LogP contribution >= 0.6 is 11.6 Å². The zero-order valence-corrected chi connectivity index (χ0v) is 13.7. The first kappa shape index (κ1) is 17.9. The SMILES string of the molecule is CC(=O)C(CNO)c1cccc(Nc2ccccc2C(=O)O)c1Cl. The molecule has 7 heteroatoms. The monoisotopic (exact) mass is 348 g/mol. The smallest absolute Gasteiger partial charge is 0.337 e. The molecule has 0 aliphatic heterocycles. The van der Waals surface area contributed by atoms with E-state index in [0.29, 0.717) is 22.0 Å². The minimum Gasteiger partial charge on any atom is -0.478 e. The number of para-hydroxylation sites is 1. The van der Waals surface area contributed by atoms with Gasteiger partial charge in [-0.3, -0.25) is 4.79 Å². The van der Waals surface area contributed by atoms with Crippen molar-refractivity contribution in [2.24, 2.45) is 0 Å². The molecule has 0 fully saturated rings. The van der Waals surface area contributed by atoms with E-state index in [1.807, 2.05) is 5.48 Å². The Bertz CT molecular complexity index is 764. The van der Waals surface area contributed by atoms with E-state index in [2.05, 4.69) is 5.32 Å². The van der Waals surface area contributed by atoms with Gasteiger partial charge in [0.05, 0.1) is 27.9 Å². The van der Waals surface area contributed by atoms with Gasteiger partial charge in [-0.1, -0.05) is 35.9 Å². The standard InChI is InChI=1S/C17H17ClN2O4/c1-10(21)13(9-19-24)11-6-4-8-15(16(11)18)20-14-7-3-2-5-12(14)17(22)23/h2-8,13,19-20,24H,9H2,1H3,(H,22,23). The summed E-state index contributed by atoms with van der Waals surface area (Å²) in [5.74, 6) is -1.82. The lowest BCUT2D eigenvalue weighted by molar-refractivity contribution is -0.118. The molecule has 1 unspecified atom stereocenters. The van der Waals surface area contributed by atoms with Crippen LogP contribution in [-0.2, 0) is 4.79 Å². The fourth-order valence-corrected chi connectivity index (χ4v) is 2.71. The average Bonchev–Trinajstić information content (AvgIpc) is 2.55. The van der Waals surface area contributed by atoms with Gasteiger partial charge in [-0.05, 0) is 30.7 Å². The van der Waals surface area contributed by atoms with Gasteiger partial charge in [0.25, 0.3) is 0 Å². The van der Waals surface area contributed by atoms with Crippen LogP contribution in [0, 0.1) is 0 Å². The fourth-order valence-electron chi connectivity index (χ4n) is 2.40. The Labute approximate surface area is 144 Å². The van der Waals surface area contributed by atoms with E-state index < -0.39 is 11.9 Å². The molecule has 1 atom stereocenters. The number of hydroxylamine groups is 1. The van der Waals surface area contributed by atoms with Crippen molar-refractivity contribution < 1.29 is 19.9 Å². The second-order valence-corrected chi connectivity index (χ2v) is 5.59. The molecular formula is C17H17ClN2O4. The van der Waals surface area contributed by atoms with Gasteiger partial charge in [-0.2, -0.15) is 0 Å². The summed E-state index contributed by atoms with van der Waals surface area (Å²) in [5, 5.41) is 21.4. The van der Waals surface area contributed by atoms with Gasteiger partial charge in [0.15, 0.2) is 0 Å². The molecule has 0 bridgehead atoms. The van der Waals surface area contributed by atoms with Gasteiger partial charge in [0, 0.05) is 6.54 Å². The van der Waals surface area contributed by atoms with Gasteiger partial charge in [-0.15, -0.1) is 0 Å². The van der Waals surface area contributed by atoms with Crippen molar-refractivity contribution in [1.29, 1.82) is 0 Å². The Morgan fingerprint density at radius 1 is 1.12 bits per heavy atom. The molecule has 0 spiro atoms. The molecule has 2 aromatic carbocycles. The molecule has 0 radical (unpaired) electrons. The molecule has 2 aromatic rings. The number of rotatable bonds is 7. The molecule has 0 saturated heterocycles. The van der Waals surface area contributed by atoms with Crippen LogP contribution < -0.4 is 10.8 Å². The van der Waals surface area contributed by atoms with Crippen LogP contribution in [0.15, 0.2) is 42.5 Å². The first-order valence-electron chi connectivity index (χ1n) is 7.20. The quantitative estimate of drug-likeness (QED) is 0.572. The maximum absolute atomic E-state index is 11.8. The van der Waals surface area contributed by atoms with E-state index >= 15 is 0 Å². The highest BCUT2D eigenvalue weighted by atomic mass is 35.5. The predicted octanol–water partition coefficient (Wildman–Crippen LogP) is 3.43. The molecule has 0 aliphatic carbocycles. The number of Topliss-reactive ketones (excluding diaryl/α,β-unsaturated/α-hetero) is 1. The van der Waals surface area contributed by atoms with Crippen LogP contribution in [0.1, 0.15) is 28.8 Å². The Morgan fingerprint density at radius 3 is 2.42 bits per heavy atom. The molecule has 126 valence electrons. The number of hydrogen-bond donors (Lipinski definition) is 4. The lowest BCUT2D eigenvalue weighted by Crippen LogP contribution is -2.23. The molecule has 2 rings (SSSR count). The van der Waals surface area contributed by atoms with Gasteiger partial charge < -0.3 is 15.6 Å². The summed E-state index contributed by atoms with van der Waals surface area (Å²) < 4.78 is 0. The molecule has 6 nitrogen and oxygen atoms in total. The van der Waals surface area contributed by atoms with Crippen LogP contribution in [0.2, 0.25) is 5.02 Å². The molecule has 0 amide bonds. The highest BCUT2D eigenvalue weighted by molar-refractivity contribution is 6.34. The van der Waals surface area contributed by atoms with Crippen LogP contribution in [0.25, 0.3) is 0 Å². The Morgan fingerprint density at radius 2 is 1.79 bits per heavy atom. The largest absolute Gasteiger partial charge is 0.478 e. The summed E-state index contributed by atoms with van der Waals surface area (Å²) in [5.41, 5.74) is 3.52. The number of carboxylic acid groups (broad SMARTS) is 1. The summed E-state index contributed by atoms with van der Waals surface area (Å²) in [6.45, 7) is 1.45. The zero-order chi connectivity index (χ0) is 17.7. The normalized spacial score (nSPS) is 11.8. The maximum Gasteiger partial charge on any atom is 0.337 e. The maximum atomic E-state index is 11.8. The summed E-state index contributed by atoms with van der Waals surface area (Å²) in [6, 6.07) is 11.5. The first-order valence-corrected chi connectivity index (χ1v) is 7.58. The summed E-state index contributed by atoms with van der Waals surface area (Å²) >= 11 is 6.39. The van der Waals surface area contributed by atoms with E-state index in [0.717, 1.165) is 0 Å². The van der Waals surface area contributed by atoms with E-state index in [1.165, 1.54) is 13.0 Å². The highest BCUT2D eigenvalue weighted by Gasteiger charge is 2.21. The first-order chi connectivity index (χ1) is 11.5. The summed E-state index contributed by atoms with van der Waals surface area (Å²) in [6.07, 6.45) is 0. The van der Waals surface area contributed by atoms with E-state index in [4.69, 9.17) is 16.8 Å². The average molecular weight is 349 g/mol. The zero-order valence-electron chi connectivity index (χ0n) is 12.9. The van der Waals surface area contributed by atoms with E-state index in [-0.39, 0.29) is 17.9 Å². The van der Waals surface area contributed by atoms with Gasteiger partial charge in [0.2, 0.25) is 0 Å². The van der Waals surface area contributed by atoms with Crippen molar-refractivity contribution in [2.75, 3.05) is 11.9 Å². The summed E-state index contributed by atoms with van der Waals surface area (Å²) in [7, 11) is 0. The van der Waals surface area contributed by atoms with Gasteiger partial charge in [0.1, 0.15) is 5.78 Å². The van der Waals surface area contributed by atoms with E-state index in [9.17, 15) is 14.7 Å². The third kappa shape index (κ3) is 3.91. The number of nitrogens with one attached hydrogen (secondary N) is 2. The third-order valence-electron chi connectivity index (χ3n) is 3.62. The van der Waals surface area contributed by atoms with Gasteiger partial charge in [-0.25, -0.2) is 10.3 Å².